The van der Waals surface area contributed by atoms with Gasteiger partial charge in [-0.05, 0) is 18.9 Å². The summed E-state index contributed by atoms with van der Waals surface area (Å²) in [6, 6.07) is 0. The van der Waals surface area contributed by atoms with E-state index in [0.29, 0.717) is 19.6 Å². The van der Waals surface area contributed by atoms with Crippen molar-refractivity contribution < 1.29 is 9.53 Å². The van der Waals surface area contributed by atoms with E-state index in [1.54, 1.807) is 0 Å². The Kier molecular flexibility index (Phi) is 4.90. The van der Waals surface area contributed by atoms with Gasteiger partial charge in [-0.1, -0.05) is 6.92 Å². The monoisotopic (exact) mass is 200 g/mol. The highest BCUT2D eigenvalue weighted by Gasteiger charge is 2.17. The van der Waals surface area contributed by atoms with E-state index in [0.717, 1.165) is 26.1 Å². The lowest BCUT2D eigenvalue weighted by molar-refractivity contribution is -0.132. The number of carbonyl (C=O) groups excluding carboxylic acids is 1. The molecule has 1 fully saturated rings. The van der Waals surface area contributed by atoms with Crippen molar-refractivity contribution in [1.29, 1.82) is 0 Å². The number of carbonyl (C=O) groups is 1. The lowest BCUT2D eigenvalue weighted by Gasteiger charge is -2.21. The van der Waals surface area contributed by atoms with Gasteiger partial charge in [0, 0.05) is 26.1 Å². The number of ether oxygens (including phenoxy) is 1. The Morgan fingerprint density at radius 3 is 3.00 bits per heavy atom. The second-order valence-electron chi connectivity index (χ2n) is 3.89. The first kappa shape index (κ1) is 11.5. The maximum atomic E-state index is 11.7. The van der Waals surface area contributed by atoms with Gasteiger partial charge in [-0.15, -0.1) is 0 Å². The van der Waals surface area contributed by atoms with Crippen LogP contribution in [0.4, 0.5) is 0 Å². The molecule has 0 saturated carbocycles. The summed E-state index contributed by atoms with van der Waals surface area (Å²) in [5.41, 5.74) is 5.49. The SMILES string of the molecule is CC(CN)CC(=O)N1CCCOCC1. The lowest BCUT2D eigenvalue weighted by Crippen LogP contribution is -2.34. The number of amides is 1. The second kappa shape index (κ2) is 5.98. The van der Waals surface area contributed by atoms with Gasteiger partial charge in [0.2, 0.25) is 5.91 Å². The van der Waals surface area contributed by atoms with E-state index < -0.39 is 0 Å². The van der Waals surface area contributed by atoms with Crippen LogP contribution in [0.2, 0.25) is 0 Å². The zero-order valence-electron chi connectivity index (χ0n) is 8.87. The van der Waals surface area contributed by atoms with E-state index >= 15 is 0 Å². The molecule has 4 nitrogen and oxygen atoms in total. The number of nitrogens with zero attached hydrogens (tertiary/aromatic N) is 1. The van der Waals surface area contributed by atoms with Crippen LogP contribution in [-0.4, -0.2) is 43.7 Å². The van der Waals surface area contributed by atoms with Crippen molar-refractivity contribution in [2.24, 2.45) is 11.7 Å². The zero-order valence-corrected chi connectivity index (χ0v) is 8.87. The van der Waals surface area contributed by atoms with Crippen LogP contribution < -0.4 is 5.73 Å². The van der Waals surface area contributed by atoms with E-state index in [2.05, 4.69) is 0 Å². The quantitative estimate of drug-likeness (QED) is 0.709. The molecular formula is C10H20N2O2. The summed E-state index contributed by atoms with van der Waals surface area (Å²) in [6.45, 7) is 5.59. The maximum absolute atomic E-state index is 11.7. The maximum Gasteiger partial charge on any atom is 0.222 e. The van der Waals surface area contributed by atoms with Gasteiger partial charge in [0.15, 0.2) is 0 Å². The van der Waals surface area contributed by atoms with Crippen LogP contribution in [0.5, 0.6) is 0 Å². The third-order valence-corrected chi connectivity index (χ3v) is 2.50. The molecule has 1 heterocycles. The van der Waals surface area contributed by atoms with E-state index in [9.17, 15) is 4.79 Å². The molecule has 1 rings (SSSR count). The van der Waals surface area contributed by atoms with Gasteiger partial charge in [-0.2, -0.15) is 0 Å². The molecule has 0 aliphatic carbocycles. The summed E-state index contributed by atoms with van der Waals surface area (Å²) in [7, 11) is 0. The summed E-state index contributed by atoms with van der Waals surface area (Å²) >= 11 is 0. The molecule has 1 atom stereocenters. The molecule has 0 bridgehead atoms. The van der Waals surface area contributed by atoms with Crippen molar-refractivity contribution in [2.75, 3.05) is 32.8 Å². The molecule has 1 amide bonds. The van der Waals surface area contributed by atoms with Crippen molar-refractivity contribution in [3.8, 4) is 0 Å². The van der Waals surface area contributed by atoms with E-state index in [1.807, 2.05) is 11.8 Å². The van der Waals surface area contributed by atoms with Crippen LogP contribution in [-0.2, 0) is 9.53 Å². The molecule has 0 aromatic carbocycles. The molecule has 2 N–H and O–H groups in total. The molecule has 0 aromatic heterocycles. The molecule has 82 valence electrons. The molecule has 0 spiro atoms. The number of rotatable bonds is 3. The van der Waals surface area contributed by atoms with Crippen molar-refractivity contribution >= 4 is 5.91 Å². The minimum atomic E-state index is 0.216. The summed E-state index contributed by atoms with van der Waals surface area (Å²) < 4.78 is 5.29. The Balaban J connectivity index is 2.34. The first-order valence-electron chi connectivity index (χ1n) is 5.29. The summed E-state index contributed by atoms with van der Waals surface area (Å²) in [6.07, 6.45) is 1.51. The first-order chi connectivity index (χ1) is 6.74. The molecule has 1 aliphatic heterocycles. The Labute approximate surface area is 85.4 Å². The van der Waals surface area contributed by atoms with E-state index in [4.69, 9.17) is 10.5 Å². The van der Waals surface area contributed by atoms with Crippen LogP contribution in [0.1, 0.15) is 19.8 Å². The molecule has 1 unspecified atom stereocenters. The number of hydrogen-bond donors (Lipinski definition) is 1. The van der Waals surface area contributed by atoms with Gasteiger partial charge >= 0.3 is 0 Å². The average Bonchev–Trinajstić information content (AvgIpc) is 2.45. The third kappa shape index (κ3) is 3.64. The summed E-state index contributed by atoms with van der Waals surface area (Å²) in [5.74, 6) is 0.500. The molecular weight excluding hydrogens is 180 g/mol. The predicted octanol–water partition coefficient (Wildman–Crippen LogP) is 0.220. The topological polar surface area (TPSA) is 55.6 Å². The number of nitrogens with two attached hydrogens (primary N) is 1. The summed E-state index contributed by atoms with van der Waals surface area (Å²) in [4.78, 5) is 13.6. The molecule has 14 heavy (non-hydrogen) atoms. The van der Waals surface area contributed by atoms with Gasteiger partial charge in [-0.3, -0.25) is 4.79 Å². The van der Waals surface area contributed by atoms with E-state index in [-0.39, 0.29) is 11.8 Å². The Morgan fingerprint density at radius 2 is 2.29 bits per heavy atom. The highest BCUT2D eigenvalue weighted by atomic mass is 16.5. The van der Waals surface area contributed by atoms with Crippen LogP contribution >= 0.6 is 0 Å². The Bertz CT molecular complexity index is 177. The summed E-state index contributed by atoms with van der Waals surface area (Å²) in [5, 5.41) is 0. The van der Waals surface area contributed by atoms with Gasteiger partial charge in [-0.25, -0.2) is 0 Å². The number of hydrogen-bond acceptors (Lipinski definition) is 3. The molecule has 1 saturated heterocycles. The van der Waals surface area contributed by atoms with Gasteiger partial charge in [0.05, 0.1) is 6.61 Å². The third-order valence-electron chi connectivity index (χ3n) is 2.50. The van der Waals surface area contributed by atoms with Crippen molar-refractivity contribution in [3.05, 3.63) is 0 Å². The largest absolute Gasteiger partial charge is 0.380 e. The Hall–Kier alpha value is -0.610. The van der Waals surface area contributed by atoms with Gasteiger partial charge < -0.3 is 15.4 Å². The van der Waals surface area contributed by atoms with Crippen molar-refractivity contribution in [1.82, 2.24) is 4.90 Å². The minimum Gasteiger partial charge on any atom is -0.380 e. The Morgan fingerprint density at radius 1 is 1.50 bits per heavy atom. The molecule has 1 aliphatic rings. The standard InChI is InChI=1S/C10H20N2O2/c1-9(8-11)7-10(13)12-3-2-5-14-6-4-12/h9H,2-8,11H2,1H3. The fourth-order valence-electron chi connectivity index (χ4n) is 1.51. The van der Waals surface area contributed by atoms with Crippen molar-refractivity contribution in [2.45, 2.75) is 19.8 Å². The normalized spacial score (nSPS) is 20.3. The highest BCUT2D eigenvalue weighted by molar-refractivity contribution is 5.76. The van der Waals surface area contributed by atoms with Crippen LogP contribution in [0, 0.1) is 5.92 Å². The highest BCUT2D eigenvalue weighted by Crippen LogP contribution is 2.06. The predicted molar refractivity (Wildman–Crippen MR) is 54.9 cm³/mol. The fraction of sp³-hybridized carbons (Fsp3) is 0.900. The van der Waals surface area contributed by atoms with Crippen LogP contribution in [0.3, 0.4) is 0 Å². The van der Waals surface area contributed by atoms with E-state index in [1.165, 1.54) is 0 Å². The first-order valence-corrected chi connectivity index (χ1v) is 5.29. The fourth-order valence-corrected chi connectivity index (χ4v) is 1.51. The minimum absolute atomic E-state index is 0.216. The molecule has 0 aromatic rings. The molecule has 0 radical (unpaired) electrons. The van der Waals surface area contributed by atoms with Gasteiger partial charge in [0.1, 0.15) is 0 Å². The van der Waals surface area contributed by atoms with Crippen LogP contribution in [0.25, 0.3) is 0 Å². The zero-order chi connectivity index (χ0) is 10.4. The molecule has 4 heteroatoms. The smallest absolute Gasteiger partial charge is 0.222 e. The van der Waals surface area contributed by atoms with Gasteiger partial charge in [0.25, 0.3) is 0 Å². The van der Waals surface area contributed by atoms with Crippen molar-refractivity contribution in [3.63, 3.8) is 0 Å². The average molecular weight is 200 g/mol. The lowest BCUT2D eigenvalue weighted by atomic mass is 10.1. The van der Waals surface area contributed by atoms with Crippen LogP contribution in [0.15, 0.2) is 0 Å². The second-order valence-corrected chi connectivity index (χ2v) is 3.89.